The number of fused-ring (bicyclic) bond motifs is 2. The van der Waals surface area contributed by atoms with Crippen LogP contribution in [0.5, 0.6) is 5.75 Å². The Balaban J connectivity index is 1.91. The largest absolute Gasteiger partial charge is 0.497 e. The molecule has 1 saturated carbocycles. The minimum absolute atomic E-state index is 0.287. The number of methoxy groups -OCH3 is 2. The van der Waals surface area contributed by atoms with Crippen molar-refractivity contribution in [3.8, 4) is 5.75 Å². The van der Waals surface area contributed by atoms with Crippen LogP contribution >= 0.6 is 11.6 Å². The second-order valence-electron chi connectivity index (χ2n) is 8.46. The molecule has 0 aliphatic heterocycles. The van der Waals surface area contributed by atoms with Gasteiger partial charge in [-0.1, -0.05) is 11.6 Å². The first kappa shape index (κ1) is 22.1. The van der Waals surface area contributed by atoms with Crippen LogP contribution in [0.3, 0.4) is 0 Å². The van der Waals surface area contributed by atoms with Crippen molar-refractivity contribution in [1.82, 2.24) is 10.3 Å². The van der Waals surface area contributed by atoms with E-state index in [1.54, 1.807) is 14.2 Å². The summed E-state index contributed by atoms with van der Waals surface area (Å²) < 4.78 is 11.3. The highest BCUT2D eigenvalue weighted by Crippen LogP contribution is 2.41. The molecule has 166 valence electrons. The number of ether oxygens (including phenoxy) is 2. The summed E-state index contributed by atoms with van der Waals surface area (Å²) in [5.41, 5.74) is 3.10. The van der Waals surface area contributed by atoms with E-state index in [0.717, 1.165) is 59.4 Å². The molecule has 6 heteroatoms. The molecule has 3 aromatic rings. The highest BCUT2D eigenvalue weighted by Gasteiger charge is 2.30. The van der Waals surface area contributed by atoms with Crippen molar-refractivity contribution in [1.29, 1.82) is 0 Å². The molecule has 1 unspecified atom stereocenters. The van der Waals surface area contributed by atoms with Gasteiger partial charge >= 0.3 is 0 Å². The number of hydrogen-bond acceptors (Lipinski definition) is 5. The number of anilines is 1. The Morgan fingerprint density at radius 3 is 2.68 bits per heavy atom. The molecule has 1 aromatic heterocycles. The first-order valence-electron chi connectivity index (χ1n) is 11.1. The zero-order valence-corrected chi connectivity index (χ0v) is 19.4. The van der Waals surface area contributed by atoms with Crippen LogP contribution in [-0.2, 0) is 4.74 Å². The van der Waals surface area contributed by atoms with Crippen molar-refractivity contribution in [2.45, 2.75) is 31.7 Å². The van der Waals surface area contributed by atoms with Gasteiger partial charge in [0.1, 0.15) is 5.75 Å². The molecule has 1 heterocycles. The number of hydrogen-bond donors (Lipinski definition) is 1. The predicted molar refractivity (Wildman–Crippen MR) is 130 cm³/mol. The highest BCUT2D eigenvalue weighted by atomic mass is 35.5. The summed E-state index contributed by atoms with van der Waals surface area (Å²) in [5.74, 6) is 1.58. The lowest BCUT2D eigenvalue weighted by molar-refractivity contribution is 0.171. The van der Waals surface area contributed by atoms with Crippen LogP contribution < -0.4 is 15.0 Å². The molecule has 1 N–H and O–H groups in total. The number of aromatic nitrogens is 1. The van der Waals surface area contributed by atoms with Crippen molar-refractivity contribution in [2.75, 3.05) is 45.9 Å². The first-order valence-corrected chi connectivity index (χ1v) is 11.5. The number of halogens is 1. The highest BCUT2D eigenvalue weighted by molar-refractivity contribution is 6.31. The number of rotatable bonds is 11. The Kier molecular flexibility index (Phi) is 7.16. The Bertz CT molecular complexity index is 1040. The van der Waals surface area contributed by atoms with E-state index >= 15 is 0 Å². The van der Waals surface area contributed by atoms with Gasteiger partial charge in [0.2, 0.25) is 0 Å². The molecule has 5 nitrogen and oxygen atoms in total. The van der Waals surface area contributed by atoms with E-state index in [4.69, 9.17) is 26.1 Å². The molecule has 0 radical (unpaired) electrons. The third kappa shape index (κ3) is 5.05. The molecule has 2 aromatic carbocycles. The number of nitrogens with zero attached hydrogens (tertiary/aromatic N) is 2. The molecule has 0 bridgehead atoms. The van der Waals surface area contributed by atoms with E-state index in [1.807, 2.05) is 31.3 Å². The molecule has 1 aliphatic carbocycles. The van der Waals surface area contributed by atoms with Crippen LogP contribution in [-0.4, -0.2) is 52.0 Å². The number of nitrogens with one attached hydrogen (secondary N) is 1. The van der Waals surface area contributed by atoms with Crippen LogP contribution in [0.1, 0.15) is 25.7 Å². The van der Waals surface area contributed by atoms with Crippen molar-refractivity contribution < 1.29 is 9.47 Å². The van der Waals surface area contributed by atoms with Crippen LogP contribution in [0.2, 0.25) is 5.02 Å². The van der Waals surface area contributed by atoms with Gasteiger partial charge in [0, 0.05) is 29.4 Å². The summed E-state index contributed by atoms with van der Waals surface area (Å²) in [6.07, 6.45) is 4.75. The molecular formula is C25H32ClN3O2. The lowest BCUT2D eigenvalue weighted by Gasteiger charge is -2.35. The maximum Gasteiger partial charge on any atom is 0.119 e. The Morgan fingerprint density at radius 2 is 1.97 bits per heavy atom. The fraction of sp³-hybridized carbons (Fsp3) is 0.480. The summed E-state index contributed by atoms with van der Waals surface area (Å²) in [4.78, 5) is 7.50. The lowest BCUT2D eigenvalue weighted by atomic mass is 10.0. The maximum absolute atomic E-state index is 6.34. The van der Waals surface area contributed by atoms with E-state index in [1.165, 1.54) is 18.5 Å². The molecule has 1 fully saturated rings. The zero-order chi connectivity index (χ0) is 21.8. The van der Waals surface area contributed by atoms with Gasteiger partial charge in [0.15, 0.2) is 0 Å². The van der Waals surface area contributed by atoms with Crippen molar-refractivity contribution in [3.05, 3.63) is 41.4 Å². The molecular weight excluding hydrogens is 410 g/mol. The number of benzene rings is 2. The summed E-state index contributed by atoms with van der Waals surface area (Å²) >= 11 is 6.34. The molecule has 0 saturated heterocycles. The van der Waals surface area contributed by atoms with Gasteiger partial charge in [-0.2, -0.15) is 0 Å². The minimum atomic E-state index is 0.287. The summed E-state index contributed by atoms with van der Waals surface area (Å²) in [6.45, 7) is 2.72. The third-order valence-corrected chi connectivity index (χ3v) is 6.35. The molecule has 0 amide bonds. The Hall–Kier alpha value is -2.08. The van der Waals surface area contributed by atoms with Gasteiger partial charge in [0.05, 0.1) is 36.5 Å². The van der Waals surface area contributed by atoms with Crippen LogP contribution in [0.4, 0.5) is 5.69 Å². The van der Waals surface area contributed by atoms with Crippen LogP contribution in [0, 0.1) is 5.92 Å². The standard InChI is InChI=1S/C25H32ClN3O2/c1-27-12-4-5-19(16-30-2)29(15-17-6-7-17)25-21-10-8-18(26)13-24(21)28-23-11-9-20(31-3)14-22(23)25/h8-11,13-14,17,19,27H,4-7,12,15-16H2,1-3H3. The molecule has 1 atom stereocenters. The van der Waals surface area contributed by atoms with Crippen molar-refractivity contribution in [2.24, 2.45) is 5.92 Å². The van der Waals surface area contributed by atoms with Crippen LogP contribution in [0.25, 0.3) is 21.8 Å². The average Bonchev–Trinajstić information content (AvgIpc) is 3.59. The van der Waals surface area contributed by atoms with E-state index in [0.29, 0.717) is 11.6 Å². The second kappa shape index (κ2) is 10.0. The fourth-order valence-corrected chi connectivity index (χ4v) is 4.51. The van der Waals surface area contributed by atoms with Crippen molar-refractivity contribution in [3.63, 3.8) is 0 Å². The van der Waals surface area contributed by atoms with E-state index in [9.17, 15) is 0 Å². The number of pyridine rings is 1. The average molecular weight is 442 g/mol. The molecule has 1 aliphatic rings. The molecule has 31 heavy (non-hydrogen) atoms. The van der Waals surface area contributed by atoms with Gasteiger partial charge in [-0.05, 0) is 81.6 Å². The Labute approximate surface area is 189 Å². The summed E-state index contributed by atoms with van der Waals surface area (Å²) in [5, 5.41) is 6.22. The van der Waals surface area contributed by atoms with E-state index < -0.39 is 0 Å². The lowest BCUT2D eigenvalue weighted by Crippen LogP contribution is -2.41. The van der Waals surface area contributed by atoms with E-state index in [-0.39, 0.29) is 6.04 Å². The third-order valence-electron chi connectivity index (χ3n) is 6.12. The summed E-state index contributed by atoms with van der Waals surface area (Å²) in [7, 11) is 5.52. The predicted octanol–water partition coefficient (Wildman–Crippen LogP) is 5.28. The van der Waals surface area contributed by atoms with E-state index in [2.05, 4.69) is 22.3 Å². The van der Waals surface area contributed by atoms with Gasteiger partial charge < -0.3 is 19.7 Å². The summed E-state index contributed by atoms with van der Waals surface area (Å²) in [6, 6.07) is 12.4. The maximum atomic E-state index is 6.34. The minimum Gasteiger partial charge on any atom is -0.497 e. The smallest absolute Gasteiger partial charge is 0.119 e. The second-order valence-corrected chi connectivity index (χ2v) is 8.89. The topological polar surface area (TPSA) is 46.6 Å². The first-order chi connectivity index (χ1) is 15.1. The van der Waals surface area contributed by atoms with Gasteiger partial charge in [-0.15, -0.1) is 0 Å². The Morgan fingerprint density at radius 1 is 1.13 bits per heavy atom. The molecule has 0 spiro atoms. The zero-order valence-electron chi connectivity index (χ0n) is 18.7. The van der Waals surface area contributed by atoms with Crippen molar-refractivity contribution >= 4 is 39.1 Å². The SMILES string of the molecule is CNCCCC(COC)N(CC1CC1)c1c2ccc(Cl)cc2nc2ccc(OC)cc12. The quantitative estimate of drug-likeness (QED) is 0.324. The van der Waals surface area contributed by atoms with Gasteiger partial charge in [-0.25, -0.2) is 4.98 Å². The van der Waals surface area contributed by atoms with Gasteiger partial charge in [0.25, 0.3) is 0 Å². The monoisotopic (exact) mass is 441 g/mol. The van der Waals surface area contributed by atoms with Crippen LogP contribution in [0.15, 0.2) is 36.4 Å². The van der Waals surface area contributed by atoms with Gasteiger partial charge in [-0.3, -0.25) is 0 Å². The normalized spacial score (nSPS) is 14.8. The molecule has 4 rings (SSSR count). The fourth-order valence-electron chi connectivity index (χ4n) is 4.35.